The molecule has 0 aliphatic carbocycles. The van der Waals surface area contributed by atoms with E-state index < -0.39 is 4.92 Å². The SMILES string of the molecule is Cc1c(CC(N)Cc2ccccc2F)cccc1[N+](=O)[O-]. The monoisotopic (exact) mass is 288 g/mol. The number of nitrogens with zero attached hydrogens (tertiary/aromatic N) is 1. The van der Waals surface area contributed by atoms with Crippen LogP contribution in [-0.2, 0) is 12.8 Å². The highest BCUT2D eigenvalue weighted by Crippen LogP contribution is 2.22. The Hall–Kier alpha value is -2.27. The first-order chi connectivity index (χ1) is 9.99. The van der Waals surface area contributed by atoms with Gasteiger partial charge in [0.15, 0.2) is 0 Å². The smallest absolute Gasteiger partial charge is 0.272 e. The van der Waals surface area contributed by atoms with Crippen molar-refractivity contribution >= 4 is 5.69 Å². The van der Waals surface area contributed by atoms with Crippen molar-refractivity contribution in [2.45, 2.75) is 25.8 Å². The van der Waals surface area contributed by atoms with Crippen LogP contribution in [0.2, 0.25) is 0 Å². The normalized spacial score (nSPS) is 12.1. The van der Waals surface area contributed by atoms with Crippen LogP contribution in [0.1, 0.15) is 16.7 Å². The minimum Gasteiger partial charge on any atom is -0.327 e. The Morgan fingerprint density at radius 3 is 2.43 bits per heavy atom. The minimum atomic E-state index is -0.402. The third-order valence-electron chi connectivity index (χ3n) is 3.54. The van der Waals surface area contributed by atoms with Gasteiger partial charge in [-0.05, 0) is 37.0 Å². The first-order valence-corrected chi connectivity index (χ1v) is 6.71. The Morgan fingerprint density at radius 1 is 1.14 bits per heavy atom. The van der Waals surface area contributed by atoms with E-state index in [-0.39, 0.29) is 17.5 Å². The van der Waals surface area contributed by atoms with E-state index in [1.54, 1.807) is 31.2 Å². The quantitative estimate of drug-likeness (QED) is 0.678. The summed E-state index contributed by atoms with van der Waals surface area (Å²) in [5.74, 6) is -0.274. The lowest BCUT2D eigenvalue weighted by Gasteiger charge is -2.14. The molecule has 0 saturated carbocycles. The fourth-order valence-electron chi connectivity index (χ4n) is 2.39. The van der Waals surface area contributed by atoms with Crippen molar-refractivity contribution in [1.82, 2.24) is 0 Å². The van der Waals surface area contributed by atoms with E-state index in [2.05, 4.69) is 0 Å². The summed E-state index contributed by atoms with van der Waals surface area (Å²) in [5.41, 5.74) is 8.16. The molecular weight excluding hydrogens is 271 g/mol. The largest absolute Gasteiger partial charge is 0.327 e. The van der Waals surface area contributed by atoms with Gasteiger partial charge in [-0.15, -0.1) is 0 Å². The summed E-state index contributed by atoms with van der Waals surface area (Å²) < 4.78 is 13.6. The van der Waals surface area contributed by atoms with Crippen LogP contribution in [0.5, 0.6) is 0 Å². The summed E-state index contributed by atoms with van der Waals surface area (Å²) >= 11 is 0. The third kappa shape index (κ3) is 3.64. The van der Waals surface area contributed by atoms with E-state index in [0.717, 1.165) is 5.56 Å². The van der Waals surface area contributed by atoms with E-state index in [9.17, 15) is 14.5 Å². The number of nitro benzene ring substituents is 1. The number of halogens is 1. The Morgan fingerprint density at radius 2 is 1.76 bits per heavy atom. The summed E-state index contributed by atoms with van der Waals surface area (Å²) in [5, 5.41) is 10.9. The van der Waals surface area contributed by atoms with Crippen LogP contribution < -0.4 is 5.73 Å². The Kier molecular flexibility index (Phi) is 4.65. The molecule has 0 amide bonds. The zero-order valence-corrected chi connectivity index (χ0v) is 11.8. The van der Waals surface area contributed by atoms with Crippen LogP contribution in [0.4, 0.5) is 10.1 Å². The molecule has 2 aromatic rings. The zero-order chi connectivity index (χ0) is 15.4. The number of hydrogen-bond acceptors (Lipinski definition) is 3. The lowest BCUT2D eigenvalue weighted by Crippen LogP contribution is -2.26. The molecule has 110 valence electrons. The summed E-state index contributed by atoms with van der Waals surface area (Å²) in [6.45, 7) is 1.71. The standard InChI is InChI=1S/C16H17FN2O2/c1-11-12(6-4-8-16(11)19(20)21)9-14(18)10-13-5-2-3-7-15(13)17/h2-8,14H,9-10,18H2,1H3. The van der Waals surface area contributed by atoms with Gasteiger partial charge in [-0.25, -0.2) is 4.39 Å². The lowest BCUT2D eigenvalue weighted by atomic mass is 9.96. The van der Waals surface area contributed by atoms with Gasteiger partial charge in [0, 0.05) is 17.7 Å². The highest BCUT2D eigenvalue weighted by Gasteiger charge is 2.16. The number of benzene rings is 2. The van der Waals surface area contributed by atoms with Gasteiger partial charge in [-0.1, -0.05) is 30.3 Å². The van der Waals surface area contributed by atoms with E-state index in [0.29, 0.717) is 24.0 Å². The van der Waals surface area contributed by atoms with Gasteiger partial charge in [-0.3, -0.25) is 10.1 Å². The molecule has 2 aromatic carbocycles. The molecule has 0 aliphatic heterocycles. The van der Waals surface area contributed by atoms with Crippen molar-refractivity contribution in [3.63, 3.8) is 0 Å². The average molecular weight is 288 g/mol. The first kappa shape index (κ1) is 15.1. The van der Waals surface area contributed by atoms with Crippen LogP contribution in [0.3, 0.4) is 0 Å². The van der Waals surface area contributed by atoms with Crippen molar-refractivity contribution in [2.24, 2.45) is 5.73 Å². The molecule has 0 heterocycles. The second-order valence-corrected chi connectivity index (χ2v) is 5.08. The highest BCUT2D eigenvalue weighted by molar-refractivity contribution is 5.44. The maximum absolute atomic E-state index is 13.6. The average Bonchev–Trinajstić information content (AvgIpc) is 2.43. The molecule has 0 radical (unpaired) electrons. The van der Waals surface area contributed by atoms with E-state index in [4.69, 9.17) is 5.73 Å². The van der Waals surface area contributed by atoms with Gasteiger partial charge < -0.3 is 5.73 Å². The zero-order valence-electron chi connectivity index (χ0n) is 11.8. The van der Waals surface area contributed by atoms with Crippen LogP contribution in [0.15, 0.2) is 42.5 Å². The van der Waals surface area contributed by atoms with Gasteiger partial charge in [-0.2, -0.15) is 0 Å². The second kappa shape index (κ2) is 6.45. The van der Waals surface area contributed by atoms with Gasteiger partial charge >= 0.3 is 0 Å². The maximum Gasteiger partial charge on any atom is 0.272 e. The predicted octanol–water partition coefficient (Wildman–Crippen LogP) is 3.15. The van der Waals surface area contributed by atoms with Crippen molar-refractivity contribution in [3.8, 4) is 0 Å². The number of nitro groups is 1. The molecule has 21 heavy (non-hydrogen) atoms. The molecule has 4 nitrogen and oxygen atoms in total. The summed E-state index contributed by atoms with van der Waals surface area (Å²) in [7, 11) is 0. The van der Waals surface area contributed by atoms with Gasteiger partial charge in [0.1, 0.15) is 5.82 Å². The molecule has 0 aliphatic rings. The second-order valence-electron chi connectivity index (χ2n) is 5.08. The summed E-state index contributed by atoms with van der Waals surface area (Å²) in [6.07, 6.45) is 0.872. The molecule has 0 saturated heterocycles. The van der Waals surface area contributed by atoms with E-state index in [1.807, 2.05) is 6.07 Å². The predicted molar refractivity (Wildman–Crippen MR) is 79.6 cm³/mol. The van der Waals surface area contributed by atoms with E-state index in [1.165, 1.54) is 12.1 Å². The van der Waals surface area contributed by atoms with E-state index >= 15 is 0 Å². The van der Waals surface area contributed by atoms with Crippen molar-refractivity contribution in [3.05, 3.63) is 75.1 Å². The highest BCUT2D eigenvalue weighted by atomic mass is 19.1. The molecule has 1 unspecified atom stereocenters. The number of rotatable bonds is 5. The van der Waals surface area contributed by atoms with Crippen LogP contribution in [-0.4, -0.2) is 11.0 Å². The molecule has 0 fully saturated rings. The molecule has 0 bridgehead atoms. The Labute approximate surface area is 122 Å². The molecular formula is C16H17FN2O2. The Balaban J connectivity index is 2.13. The molecule has 0 spiro atoms. The van der Waals surface area contributed by atoms with Crippen LogP contribution in [0, 0.1) is 22.9 Å². The molecule has 2 N–H and O–H groups in total. The van der Waals surface area contributed by atoms with Gasteiger partial charge in [0.05, 0.1) is 4.92 Å². The van der Waals surface area contributed by atoms with Crippen LogP contribution >= 0.6 is 0 Å². The van der Waals surface area contributed by atoms with Crippen molar-refractivity contribution in [2.75, 3.05) is 0 Å². The summed E-state index contributed by atoms with van der Waals surface area (Å²) in [6, 6.07) is 11.2. The molecule has 1 atom stereocenters. The summed E-state index contributed by atoms with van der Waals surface area (Å²) in [4.78, 5) is 10.5. The van der Waals surface area contributed by atoms with Gasteiger partial charge in [0.25, 0.3) is 5.69 Å². The third-order valence-corrected chi connectivity index (χ3v) is 3.54. The van der Waals surface area contributed by atoms with Gasteiger partial charge in [0.2, 0.25) is 0 Å². The van der Waals surface area contributed by atoms with Crippen molar-refractivity contribution < 1.29 is 9.31 Å². The lowest BCUT2D eigenvalue weighted by molar-refractivity contribution is -0.385. The number of nitrogens with two attached hydrogens (primary N) is 1. The molecule has 0 aromatic heterocycles. The molecule has 5 heteroatoms. The molecule has 2 rings (SSSR count). The fourth-order valence-corrected chi connectivity index (χ4v) is 2.39. The minimum absolute atomic E-state index is 0.0885. The topological polar surface area (TPSA) is 69.2 Å². The maximum atomic E-state index is 13.6. The van der Waals surface area contributed by atoms with Crippen LogP contribution in [0.25, 0.3) is 0 Å². The van der Waals surface area contributed by atoms with Crippen molar-refractivity contribution in [1.29, 1.82) is 0 Å². The number of hydrogen-bond donors (Lipinski definition) is 1. The fraction of sp³-hybridized carbons (Fsp3) is 0.250. The first-order valence-electron chi connectivity index (χ1n) is 6.71. The Bertz CT molecular complexity index is 658.